The molecule has 2 rings (SSSR count). The Morgan fingerprint density at radius 3 is 2.79 bits per heavy atom. The van der Waals surface area contributed by atoms with Crippen LogP contribution in [0.3, 0.4) is 0 Å². The summed E-state index contributed by atoms with van der Waals surface area (Å²) in [7, 11) is 1.77. The lowest BCUT2D eigenvalue weighted by molar-refractivity contribution is 0.0935. The lowest BCUT2D eigenvalue weighted by atomic mass is 10.3. The fourth-order valence-electron chi connectivity index (χ4n) is 1.60. The number of anilines is 1. The van der Waals surface area contributed by atoms with Crippen LogP contribution in [-0.4, -0.2) is 22.9 Å². The average molecular weight is 276 g/mol. The Kier molecular flexibility index (Phi) is 4.11. The van der Waals surface area contributed by atoms with E-state index in [1.807, 2.05) is 25.3 Å². The maximum Gasteiger partial charge on any atom is 0.270 e. The highest BCUT2D eigenvalue weighted by Crippen LogP contribution is 2.17. The average Bonchev–Trinajstić information content (AvgIpc) is 2.85. The van der Waals surface area contributed by atoms with Crippen molar-refractivity contribution in [3.63, 3.8) is 0 Å². The van der Waals surface area contributed by atoms with Gasteiger partial charge in [0.2, 0.25) is 0 Å². The normalized spacial score (nSPS) is 11.9. The molecule has 2 aromatic heterocycles. The SMILES string of the molecule is CNc1cccc(C(=O)NC(C)c2nc(C)cs2)n1. The van der Waals surface area contributed by atoms with Crippen molar-refractivity contribution < 1.29 is 4.79 Å². The van der Waals surface area contributed by atoms with E-state index in [1.165, 1.54) is 0 Å². The lowest BCUT2D eigenvalue weighted by Crippen LogP contribution is -2.27. The van der Waals surface area contributed by atoms with Gasteiger partial charge in [-0.25, -0.2) is 9.97 Å². The molecule has 0 saturated heterocycles. The first-order chi connectivity index (χ1) is 9.10. The minimum absolute atomic E-state index is 0.119. The highest BCUT2D eigenvalue weighted by molar-refractivity contribution is 7.09. The molecule has 0 aliphatic carbocycles. The highest BCUT2D eigenvalue weighted by Gasteiger charge is 2.15. The Hall–Kier alpha value is -1.95. The van der Waals surface area contributed by atoms with Crippen molar-refractivity contribution in [3.8, 4) is 0 Å². The fraction of sp³-hybridized carbons (Fsp3) is 0.308. The predicted molar refractivity (Wildman–Crippen MR) is 76.5 cm³/mol. The van der Waals surface area contributed by atoms with Gasteiger partial charge in [0.1, 0.15) is 16.5 Å². The van der Waals surface area contributed by atoms with Crippen molar-refractivity contribution in [2.24, 2.45) is 0 Å². The molecule has 5 nitrogen and oxygen atoms in total. The van der Waals surface area contributed by atoms with E-state index in [9.17, 15) is 4.79 Å². The molecule has 100 valence electrons. The molecule has 0 fully saturated rings. The molecule has 2 heterocycles. The molecule has 19 heavy (non-hydrogen) atoms. The summed E-state index contributed by atoms with van der Waals surface area (Å²) in [6.45, 7) is 3.85. The Balaban J connectivity index is 2.08. The quantitative estimate of drug-likeness (QED) is 0.899. The van der Waals surface area contributed by atoms with Gasteiger partial charge in [-0.15, -0.1) is 11.3 Å². The van der Waals surface area contributed by atoms with Crippen molar-refractivity contribution in [3.05, 3.63) is 40.0 Å². The second-order valence-electron chi connectivity index (χ2n) is 4.18. The number of nitrogens with one attached hydrogen (secondary N) is 2. The summed E-state index contributed by atoms with van der Waals surface area (Å²) in [5.41, 5.74) is 1.36. The minimum atomic E-state index is -0.197. The van der Waals surface area contributed by atoms with Crippen LogP contribution in [0.1, 0.15) is 34.2 Å². The van der Waals surface area contributed by atoms with Gasteiger partial charge in [-0.05, 0) is 26.0 Å². The number of pyridine rings is 1. The fourth-order valence-corrected chi connectivity index (χ4v) is 2.41. The largest absolute Gasteiger partial charge is 0.373 e. The number of aryl methyl sites for hydroxylation is 1. The van der Waals surface area contributed by atoms with Gasteiger partial charge in [0.15, 0.2) is 0 Å². The number of nitrogens with zero attached hydrogens (tertiary/aromatic N) is 2. The van der Waals surface area contributed by atoms with E-state index in [4.69, 9.17) is 0 Å². The first kappa shape index (κ1) is 13.5. The van der Waals surface area contributed by atoms with Gasteiger partial charge in [-0.2, -0.15) is 0 Å². The molecule has 0 bridgehead atoms. The van der Waals surface area contributed by atoms with E-state index >= 15 is 0 Å². The van der Waals surface area contributed by atoms with Crippen LogP contribution < -0.4 is 10.6 Å². The second-order valence-corrected chi connectivity index (χ2v) is 5.07. The second kappa shape index (κ2) is 5.79. The minimum Gasteiger partial charge on any atom is -0.373 e. The van der Waals surface area contributed by atoms with Crippen LogP contribution in [0.25, 0.3) is 0 Å². The molecule has 0 aliphatic heterocycles. The number of carbonyl (C=O) groups excluding carboxylic acids is 1. The molecular weight excluding hydrogens is 260 g/mol. The van der Waals surface area contributed by atoms with Crippen LogP contribution in [0.2, 0.25) is 0 Å². The van der Waals surface area contributed by atoms with Gasteiger partial charge in [-0.3, -0.25) is 4.79 Å². The van der Waals surface area contributed by atoms with Crippen molar-refractivity contribution in [1.29, 1.82) is 0 Å². The van der Waals surface area contributed by atoms with Crippen LogP contribution in [-0.2, 0) is 0 Å². The Labute approximate surface area is 116 Å². The first-order valence-corrected chi connectivity index (χ1v) is 6.86. The van der Waals surface area contributed by atoms with Gasteiger partial charge in [0, 0.05) is 18.1 Å². The molecule has 2 aromatic rings. The molecule has 0 radical (unpaired) electrons. The molecule has 0 spiro atoms. The van der Waals surface area contributed by atoms with E-state index in [0.29, 0.717) is 11.5 Å². The lowest BCUT2D eigenvalue weighted by Gasteiger charge is -2.11. The van der Waals surface area contributed by atoms with Crippen LogP contribution in [0.5, 0.6) is 0 Å². The standard InChI is InChI=1S/C13H16N4OS/c1-8-7-19-13(15-8)9(2)16-12(18)10-5-4-6-11(14-3)17-10/h4-7,9H,1-3H3,(H,14,17)(H,16,18). The van der Waals surface area contributed by atoms with Gasteiger partial charge in [0.05, 0.1) is 6.04 Å². The van der Waals surface area contributed by atoms with Crippen molar-refractivity contribution in [2.75, 3.05) is 12.4 Å². The van der Waals surface area contributed by atoms with Crippen molar-refractivity contribution >= 4 is 23.1 Å². The molecule has 6 heteroatoms. The number of rotatable bonds is 4. The zero-order chi connectivity index (χ0) is 13.8. The topological polar surface area (TPSA) is 66.9 Å². The molecule has 2 N–H and O–H groups in total. The summed E-state index contributed by atoms with van der Waals surface area (Å²) in [6, 6.07) is 5.18. The van der Waals surface area contributed by atoms with Gasteiger partial charge in [0.25, 0.3) is 5.91 Å². The molecule has 1 amide bonds. The smallest absolute Gasteiger partial charge is 0.270 e. The number of carbonyl (C=O) groups is 1. The molecule has 0 aromatic carbocycles. The summed E-state index contributed by atoms with van der Waals surface area (Å²) in [4.78, 5) is 20.6. The van der Waals surface area contributed by atoms with Crippen LogP contribution in [0.15, 0.2) is 23.6 Å². The van der Waals surface area contributed by atoms with Crippen LogP contribution in [0, 0.1) is 6.92 Å². The van der Waals surface area contributed by atoms with Crippen LogP contribution >= 0.6 is 11.3 Å². The van der Waals surface area contributed by atoms with Gasteiger partial charge >= 0.3 is 0 Å². The van der Waals surface area contributed by atoms with Crippen molar-refractivity contribution in [1.82, 2.24) is 15.3 Å². The summed E-state index contributed by atoms with van der Waals surface area (Å²) in [6.07, 6.45) is 0. The van der Waals surface area contributed by atoms with E-state index in [0.717, 1.165) is 10.7 Å². The summed E-state index contributed by atoms with van der Waals surface area (Å²) >= 11 is 1.54. The Morgan fingerprint density at radius 2 is 2.16 bits per heavy atom. The number of hydrogen-bond acceptors (Lipinski definition) is 5. The molecule has 1 unspecified atom stereocenters. The summed E-state index contributed by atoms with van der Waals surface area (Å²) in [5, 5.41) is 8.67. The highest BCUT2D eigenvalue weighted by atomic mass is 32.1. The van der Waals surface area contributed by atoms with Gasteiger partial charge < -0.3 is 10.6 Å². The Morgan fingerprint density at radius 1 is 1.37 bits per heavy atom. The van der Waals surface area contributed by atoms with Crippen LogP contribution in [0.4, 0.5) is 5.82 Å². The molecule has 0 aliphatic rings. The maximum absolute atomic E-state index is 12.1. The van der Waals surface area contributed by atoms with E-state index < -0.39 is 0 Å². The maximum atomic E-state index is 12.1. The van der Waals surface area contributed by atoms with E-state index in [-0.39, 0.29) is 11.9 Å². The Bertz CT molecular complexity index is 582. The molecular formula is C13H16N4OS. The number of hydrogen-bond donors (Lipinski definition) is 2. The molecule has 0 saturated carbocycles. The number of amides is 1. The third-order valence-corrected chi connectivity index (χ3v) is 3.74. The van der Waals surface area contributed by atoms with E-state index in [1.54, 1.807) is 30.5 Å². The summed E-state index contributed by atoms with van der Waals surface area (Å²) < 4.78 is 0. The third kappa shape index (κ3) is 3.29. The number of thiazole rings is 1. The predicted octanol–water partition coefficient (Wildman–Crippen LogP) is 2.38. The third-order valence-electron chi connectivity index (χ3n) is 2.59. The van der Waals surface area contributed by atoms with Gasteiger partial charge in [-0.1, -0.05) is 6.07 Å². The zero-order valence-corrected chi connectivity index (χ0v) is 11.9. The first-order valence-electron chi connectivity index (χ1n) is 5.98. The molecule has 1 atom stereocenters. The number of aromatic nitrogens is 2. The zero-order valence-electron chi connectivity index (χ0n) is 11.1. The van der Waals surface area contributed by atoms with Crippen molar-refractivity contribution in [2.45, 2.75) is 19.9 Å². The van der Waals surface area contributed by atoms with E-state index in [2.05, 4.69) is 20.6 Å². The summed E-state index contributed by atoms with van der Waals surface area (Å²) in [5.74, 6) is 0.475. The monoisotopic (exact) mass is 276 g/mol.